The highest BCUT2D eigenvalue weighted by molar-refractivity contribution is 6.07. The molecular weight excluding hydrogens is 691 g/mol. The topological polar surface area (TPSA) is 157 Å². The van der Waals surface area contributed by atoms with Gasteiger partial charge in [0.1, 0.15) is 30.6 Å². The van der Waals surface area contributed by atoms with Crippen molar-refractivity contribution in [2.75, 3.05) is 11.9 Å². The molecule has 1 aromatic carbocycles. The lowest BCUT2D eigenvalue weighted by atomic mass is 9.86. The molecule has 13 nitrogen and oxygen atoms in total. The van der Waals surface area contributed by atoms with Crippen LogP contribution in [0, 0.1) is 17.8 Å². The minimum absolute atomic E-state index is 0.0811. The van der Waals surface area contributed by atoms with E-state index in [1.54, 1.807) is 19.3 Å². The van der Waals surface area contributed by atoms with Gasteiger partial charge >= 0.3 is 6.18 Å². The van der Waals surface area contributed by atoms with Crippen LogP contribution in [0.1, 0.15) is 68.3 Å². The van der Waals surface area contributed by atoms with Gasteiger partial charge in [0.25, 0.3) is 0 Å². The molecule has 3 amide bonds. The van der Waals surface area contributed by atoms with Gasteiger partial charge in [-0.1, -0.05) is 26.0 Å². The van der Waals surface area contributed by atoms with Gasteiger partial charge in [-0.25, -0.2) is 9.97 Å². The molecule has 278 valence electrons. The van der Waals surface area contributed by atoms with Crippen molar-refractivity contribution in [3.8, 4) is 11.1 Å². The number of Topliss-reactive ketones (excluding diaryl/α,β-unsaturated/α-hetero) is 1. The van der Waals surface area contributed by atoms with E-state index in [1.807, 2.05) is 38.1 Å². The third-order valence-corrected chi connectivity index (χ3v) is 10.6. The van der Waals surface area contributed by atoms with Crippen molar-refractivity contribution in [2.24, 2.45) is 10.8 Å². The highest BCUT2D eigenvalue weighted by Gasteiger charge is 2.67. The van der Waals surface area contributed by atoms with Gasteiger partial charge in [-0.15, -0.1) is 0 Å². The molecule has 2 aliphatic heterocycles. The molecule has 7 rings (SSSR count). The first kappa shape index (κ1) is 36.0. The second-order valence-electron chi connectivity index (χ2n) is 15.0. The van der Waals surface area contributed by atoms with E-state index in [1.165, 1.54) is 22.6 Å². The number of carbonyl (C=O) groups is 4. The number of halogens is 3. The van der Waals surface area contributed by atoms with Gasteiger partial charge in [-0.3, -0.25) is 28.5 Å². The third kappa shape index (κ3) is 7.18. The molecule has 3 aliphatic rings. The average Bonchev–Trinajstić information content (AvgIpc) is 3.34. The number of alkyl halides is 3. The third-order valence-electron chi connectivity index (χ3n) is 10.6. The van der Waals surface area contributed by atoms with E-state index >= 15 is 0 Å². The molecule has 5 heterocycles. The van der Waals surface area contributed by atoms with Crippen LogP contribution in [0.3, 0.4) is 0 Å². The van der Waals surface area contributed by atoms with Crippen molar-refractivity contribution in [2.45, 2.75) is 91.1 Å². The SMILES string of the molecule is CC(=O)c1nn2c3c(cc(-c4cnc(C)nc4)cc13)C/C=C\CCC(C)(C)C(=O)NC[C@@]13C[C@@H](C(=O)Nc4ccn(CC(F)(F)F)n4)N(C(=O)C2)[C@@H]1C3. The number of nitrogens with one attached hydrogen (secondary N) is 2. The molecule has 3 atom stereocenters. The summed E-state index contributed by atoms with van der Waals surface area (Å²) in [7, 11) is 0. The molecular formula is C37H40F3N9O4. The van der Waals surface area contributed by atoms with Gasteiger partial charge in [0, 0.05) is 65.9 Å². The van der Waals surface area contributed by atoms with Crippen molar-refractivity contribution in [1.29, 1.82) is 0 Å². The Morgan fingerprint density at radius 3 is 2.53 bits per heavy atom. The van der Waals surface area contributed by atoms with Gasteiger partial charge in [0.05, 0.1) is 5.52 Å². The van der Waals surface area contributed by atoms with Crippen LogP contribution in [0.2, 0.25) is 0 Å². The molecule has 2 N–H and O–H groups in total. The fourth-order valence-corrected chi connectivity index (χ4v) is 7.61. The molecule has 1 saturated heterocycles. The van der Waals surface area contributed by atoms with Crippen LogP contribution >= 0.6 is 0 Å². The summed E-state index contributed by atoms with van der Waals surface area (Å²) in [4.78, 5) is 64.9. The van der Waals surface area contributed by atoms with E-state index in [4.69, 9.17) is 0 Å². The lowest BCUT2D eigenvalue weighted by Gasteiger charge is -2.27. The Balaban J connectivity index is 1.28. The van der Waals surface area contributed by atoms with Crippen molar-refractivity contribution in [3.05, 3.63) is 66.0 Å². The fourth-order valence-electron chi connectivity index (χ4n) is 7.61. The summed E-state index contributed by atoms with van der Waals surface area (Å²) in [6, 6.07) is 3.70. The molecule has 53 heavy (non-hydrogen) atoms. The molecule has 0 radical (unpaired) electrons. The van der Waals surface area contributed by atoms with Gasteiger partial charge in [-0.05, 0) is 62.3 Å². The predicted molar refractivity (Wildman–Crippen MR) is 187 cm³/mol. The molecule has 3 aromatic heterocycles. The number of amides is 3. The van der Waals surface area contributed by atoms with Crippen LogP contribution < -0.4 is 10.6 Å². The number of hydrogen-bond acceptors (Lipinski definition) is 8. The van der Waals surface area contributed by atoms with Crippen LogP contribution in [0.5, 0.6) is 0 Å². The fraction of sp³-hybridized carbons (Fsp3) is 0.459. The Hall–Kier alpha value is -5.41. The zero-order valence-electron chi connectivity index (χ0n) is 29.8. The molecule has 2 fully saturated rings. The van der Waals surface area contributed by atoms with Crippen molar-refractivity contribution in [3.63, 3.8) is 0 Å². The van der Waals surface area contributed by atoms with Crippen molar-refractivity contribution in [1.82, 2.24) is 39.7 Å². The second-order valence-corrected chi connectivity index (χ2v) is 15.0. The summed E-state index contributed by atoms with van der Waals surface area (Å²) < 4.78 is 41.1. The normalized spacial score (nSPS) is 23.6. The van der Waals surface area contributed by atoms with Crippen molar-refractivity contribution >= 4 is 40.2 Å². The Morgan fingerprint density at radius 1 is 1.06 bits per heavy atom. The molecule has 0 unspecified atom stereocenters. The Kier molecular flexibility index (Phi) is 8.97. The number of rotatable bonds is 5. The van der Waals surface area contributed by atoms with Crippen LogP contribution in [-0.4, -0.2) is 82.7 Å². The van der Waals surface area contributed by atoms with Gasteiger partial charge < -0.3 is 15.5 Å². The van der Waals surface area contributed by atoms with E-state index in [9.17, 15) is 32.3 Å². The monoisotopic (exact) mass is 731 g/mol. The van der Waals surface area contributed by atoms with E-state index in [0.29, 0.717) is 47.1 Å². The smallest absolute Gasteiger partial charge is 0.355 e. The predicted octanol–water partition coefficient (Wildman–Crippen LogP) is 4.80. The van der Waals surface area contributed by atoms with Gasteiger partial charge in [0.15, 0.2) is 11.6 Å². The number of piperidine rings is 1. The Bertz CT molecular complexity index is 2150. The van der Waals surface area contributed by atoms with E-state index < -0.39 is 41.4 Å². The van der Waals surface area contributed by atoms with Crippen LogP contribution in [0.15, 0.2) is 48.9 Å². The standard InChI is InChI=1S/C37H40F3N9O4/c1-21(50)31-26-13-24(25-16-41-22(2)42-17-25)12-23-8-6-5-7-10-35(3,4)34(53)43-19-36-14-27(33(52)44-29-9-11-47(45-29)20-37(38,39)40)49(28(36)15-36)30(51)18-48(46-31)32(23)26/h5-6,9,11-13,16-17,27-28H,7-8,10,14-15,18-20H2,1-4H3,(H,43,53)(H,44,45,52)/b6-5-/t27-,28+,36-/m0/s1. The van der Waals surface area contributed by atoms with Crippen molar-refractivity contribution < 1.29 is 32.3 Å². The maximum absolute atomic E-state index is 14.4. The number of ketones is 1. The van der Waals surface area contributed by atoms with Crippen LogP contribution in [0.4, 0.5) is 19.0 Å². The summed E-state index contributed by atoms with van der Waals surface area (Å²) >= 11 is 0. The lowest BCUT2D eigenvalue weighted by Crippen LogP contribution is -2.46. The summed E-state index contributed by atoms with van der Waals surface area (Å²) in [5, 5.41) is 14.7. The average molecular weight is 732 g/mol. The van der Waals surface area contributed by atoms with Crippen LogP contribution in [0.25, 0.3) is 22.0 Å². The number of nitrogens with zero attached hydrogens (tertiary/aromatic N) is 7. The molecule has 16 heteroatoms. The number of benzene rings is 1. The highest BCUT2D eigenvalue weighted by Crippen LogP contribution is 2.59. The zero-order chi connectivity index (χ0) is 37.9. The lowest BCUT2D eigenvalue weighted by molar-refractivity contribution is -0.142. The molecule has 1 aliphatic carbocycles. The van der Waals surface area contributed by atoms with Gasteiger partial charge in [0.2, 0.25) is 17.7 Å². The van der Waals surface area contributed by atoms with Gasteiger partial charge in [-0.2, -0.15) is 23.4 Å². The molecule has 2 bridgehead atoms. The van der Waals surface area contributed by atoms with E-state index in [2.05, 4.69) is 30.8 Å². The Labute approximate surface area is 303 Å². The number of aromatic nitrogens is 6. The molecule has 1 saturated carbocycles. The Morgan fingerprint density at radius 2 is 1.81 bits per heavy atom. The number of carbonyl (C=O) groups excluding carboxylic acids is 4. The molecule has 4 aromatic rings. The maximum atomic E-state index is 14.4. The first-order chi connectivity index (χ1) is 25.0. The zero-order valence-corrected chi connectivity index (χ0v) is 29.8. The summed E-state index contributed by atoms with van der Waals surface area (Å²) in [5.41, 5.74) is 1.84. The van der Waals surface area contributed by atoms with Crippen LogP contribution in [-0.2, 0) is 33.9 Å². The number of allylic oxidation sites excluding steroid dienone is 2. The first-order valence-electron chi connectivity index (χ1n) is 17.5. The van der Waals surface area contributed by atoms with E-state index in [0.717, 1.165) is 22.9 Å². The van der Waals surface area contributed by atoms with E-state index in [-0.39, 0.29) is 48.8 Å². The first-order valence-corrected chi connectivity index (χ1v) is 17.5. The largest absolute Gasteiger partial charge is 0.408 e. The molecule has 0 spiro atoms. The number of hydrogen-bond donors (Lipinski definition) is 2. The second kappa shape index (κ2) is 13.2. The summed E-state index contributed by atoms with van der Waals surface area (Å²) in [6.07, 6.45) is 6.48. The summed E-state index contributed by atoms with van der Waals surface area (Å²) in [5.74, 6) is -0.923. The number of aryl methyl sites for hydroxylation is 1. The summed E-state index contributed by atoms with van der Waals surface area (Å²) in [6.45, 7) is 5.60. The maximum Gasteiger partial charge on any atom is 0.408 e. The quantitative estimate of drug-likeness (QED) is 0.219. The minimum atomic E-state index is -4.50. The highest BCUT2D eigenvalue weighted by atomic mass is 19.4. The number of anilines is 1. The minimum Gasteiger partial charge on any atom is -0.355 e.